The van der Waals surface area contributed by atoms with Crippen molar-refractivity contribution in [2.45, 2.75) is 18.9 Å². The third kappa shape index (κ3) is 4.26. The van der Waals surface area contributed by atoms with Gasteiger partial charge in [-0.25, -0.2) is 19.3 Å². The van der Waals surface area contributed by atoms with Crippen LogP contribution in [0, 0.1) is 5.82 Å². The Morgan fingerprint density at radius 1 is 1.13 bits per heavy atom. The lowest BCUT2D eigenvalue weighted by atomic mass is 10.0. The summed E-state index contributed by atoms with van der Waals surface area (Å²) in [6.45, 7) is 1.48. The Labute approximate surface area is 230 Å². The molecule has 0 aliphatic carbocycles. The van der Waals surface area contributed by atoms with Crippen molar-refractivity contribution in [3.8, 4) is 16.3 Å². The summed E-state index contributed by atoms with van der Waals surface area (Å²) in [7, 11) is 0. The van der Waals surface area contributed by atoms with E-state index in [4.69, 9.17) is 0 Å². The van der Waals surface area contributed by atoms with Gasteiger partial charge in [-0.3, -0.25) is 9.69 Å². The van der Waals surface area contributed by atoms with Crippen molar-refractivity contribution >= 4 is 55.6 Å². The maximum absolute atomic E-state index is 15.7. The monoisotopic (exact) mass is 556 g/mol. The van der Waals surface area contributed by atoms with Gasteiger partial charge in [0.15, 0.2) is 5.65 Å². The number of nitrogens with zero attached hydrogens (tertiary/aromatic N) is 7. The highest BCUT2D eigenvalue weighted by atomic mass is 32.1. The molecule has 6 aromatic rings. The zero-order valence-corrected chi connectivity index (χ0v) is 22.1. The quantitative estimate of drug-likeness (QED) is 0.316. The molecule has 1 aliphatic rings. The van der Waals surface area contributed by atoms with Crippen LogP contribution in [0.15, 0.2) is 65.7 Å². The van der Waals surface area contributed by atoms with Gasteiger partial charge in [0.25, 0.3) is 5.91 Å². The second-order valence-corrected chi connectivity index (χ2v) is 11.0. The van der Waals surface area contributed by atoms with E-state index in [-0.39, 0.29) is 11.6 Å². The highest BCUT2D eigenvalue weighted by Gasteiger charge is 2.32. The van der Waals surface area contributed by atoms with Gasteiger partial charge in [-0.2, -0.15) is 4.68 Å². The Hall–Kier alpha value is -4.13. The lowest BCUT2D eigenvalue weighted by Crippen LogP contribution is -2.49. The fourth-order valence-corrected chi connectivity index (χ4v) is 6.61. The highest BCUT2D eigenvalue weighted by Crippen LogP contribution is 2.38. The van der Waals surface area contributed by atoms with E-state index in [0.717, 1.165) is 40.0 Å². The maximum Gasteiger partial charge on any atom is 0.262 e. The van der Waals surface area contributed by atoms with E-state index in [0.29, 0.717) is 29.2 Å². The summed E-state index contributed by atoms with van der Waals surface area (Å²) in [6, 6.07) is 11.8. The number of hydrogen-bond donors (Lipinski definition) is 1. The number of hydrogen-bond acceptors (Lipinski definition) is 9. The molecule has 1 aromatic carbocycles. The summed E-state index contributed by atoms with van der Waals surface area (Å²) in [4.78, 5) is 30.2. The average Bonchev–Trinajstić information content (AvgIpc) is 3.73. The maximum atomic E-state index is 15.7. The number of amides is 1. The van der Waals surface area contributed by atoms with Gasteiger partial charge in [-0.15, -0.1) is 27.8 Å². The smallest absolute Gasteiger partial charge is 0.262 e. The molecule has 194 valence electrons. The van der Waals surface area contributed by atoms with Gasteiger partial charge >= 0.3 is 0 Å². The number of nitrogens with one attached hydrogen (secondary N) is 1. The Kier molecular flexibility index (Phi) is 6.06. The van der Waals surface area contributed by atoms with Crippen molar-refractivity contribution in [1.29, 1.82) is 0 Å². The van der Waals surface area contributed by atoms with Crippen molar-refractivity contribution in [1.82, 2.24) is 35.3 Å². The van der Waals surface area contributed by atoms with Gasteiger partial charge in [-0.1, -0.05) is 5.21 Å². The number of carbonyl (C=O) groups excluding carboxylic acids is 1. The van der Waals surface area contributed by atoms with Crippen LogP contribution in [0.25, 0.3) is 37.5 Å². The Balaban J connectivity index is 1.31. The zero-order valence-electron chi connectivity index (χ0n) is 20.5. The molecule has 1 aliphatic heterocycles. The van der Waals surface area contributed by atoms with Crippen LogP contribution in [-0.4, -0.2) is 55.0 Å². The first-order chi connectivity index (χ1) is 19.2. The summed E-state index contributed by atoms with van der Waals surface area (Å²) < 4.78 is 18.1. The number of thiazole rings is 1. The number of fused-ring (bicyclic) bond motifs is 2. The molecule has 1 fully saturated rings. The molecule has 1 amide bonds. The van der Waals surface area contributed by atoms with Crippen LogP contribution in [0.5, 0.6) is 0 Å². The fourth-order valence-electron chi connectivity index (χ4n) is 4.97. The molecular formula is C27H21FN8OS2. The van der Waals surface area contributed by atoms with Crippen LogP contribution in [0.2, 0.25) is 0 Å². The zero-order chi connectivity index (χ0) is 26.3. The van der Waals surface area contributed by atoms with Crippen LogP contribution in [0.4, 0.5) is 10.2 Å². The molecule has 0 unspecified atom stereocenters. The Morgan fingerprint density at radius 2 is 2.08 bits per heavy atom. The number of pyridine rings is 2. The lowest BCUT2D eigenvalue weighted by molar-refractivity contribution is 0.0968. The number of rotatable bonds is 5. The molecular weight excluding hydrogens is 535 g/mol. The first kappa shape index (κ1) is 23.9. The predicted molar refractivity (Wildman–Crippen MR) is 150 cm³/mol. The third-order valence-electron chi connectivity index (χ3n) is 6.83. The molecule has 9 nitrogen and oxygen atoms in total. The topological polar surface area (TPSA) is 102 Å². The third-order valence-corrected chi connectivity index (χ3v) is 8.54. The van der Waals surface area contributed by atoms with Gasteiger partial charge in [0.2, 0.25) is 0 Å². The van der Waals surface area contributed by atoms with E-state index in [1.807, 2.05) is 17.5 Å². The molecule has 7 rings (SSSR count). The van der Waals surface area contributed by atoms with Crippen LogP contribution in [-0.2, 0) is 0 Å². The number of aromatic nitrogens is 6. The summed E-state index contributed by atoms with van der Waals surface area (Å²) >= 11 is 3.13. The first-order valence-corrected chi connectivity index (χ1v) is 14.2. The van der Waals surface area contributed by atoms with Crippen molar-refractivity contribution in [3.63, 3.8) is 0 Å². The summed E-state index contributed by atoms with van der Waals surface area (Å²) in [5, 5.41) is 14.4. The van der Waals surface area contributed by atoms with E-state index < -0.39 is 11.7 Å². The molecule has 5 aromatic heterocycles. The average molecular weight is 557 g/mol. The molecule has 0 saturated carbocycles. The van der Waals surface area contributed by atoms with Gasteiger partial charge < -0.3 is 5.32 Å². The molecule has 0 bridgehead atoms. The van der Waals surface area contributed by atoms with Gasteiger partial charge in [0, 0.05) is 40.5 Å². The number of halogens is 1. The molecule has 1 N–H and O–H groups in total. The predicted octanol–water partition coefficient (Wildman–Crippen LogP) is 5.09. The van der Waals surface area contributed by atoms with Crippen molar-refractivity contribution in [3.05, 3.63) is 77.1 Å². The van der Waals surface area contributed by atoms with Crippen molar-refractivity contribution in [2.24, 2.45) is 0 Å². The van der Waals surface area contributed by atoms with Crippen molar-refractivity contribution in [2.75, 3.05) is 18.0 Å². The fraction of sp³-hybridized carbons (Fsp3) is 0.185. The summed E-state index contributed by atoms with van der Waals surface area (Å²) in [5.41, 5.74) is 4.20. The molecule has 1 saturated heterocycles. The Bertz CT molecular complexity index is 1810. The van der Waals surface area contributed by atoms with Crippen LogP contribution in [0.3, 0.4) is 0 Å². The number of benzene rings is 1. The second-order valence-electron chi connectivity index (χ2n) is 9.22. The minimum atomic E-state index is -0.647. The number of thiophene rings is 1. The van der Waals surface area contributed by atoms with E-state index in [9.17, 15) is 4.79 Å². The number of piperidine rings is 1. The molecule has 1 atom stereocenters. The van der Waals surface area contributed by atoms with E-state index in [2.05, 4.69) is 30.6 Å². The first-order valence-electron chi connectivity index (χ1n) is 12.4. The van der Waals surface area contributed by atoms with E-state index in [1.165, 1.54) is 28.2 Å². The van der Waals surface area contributed by atoms with Crippen LogP contribution in [0.1, 0.15) is 23.2 Å². The molecule has 0 spiro atoms. The largest absolute Gasteiger partial charge is 0.315 e. The SMILES string of the molecule is O=C(c1ccc(-n2nnc3cccnc32)cc1F)N(c1nccc2sc(-c3cscn3)cc12)[C@@H]1CCCNC1. The Morgan fingerprint density at radius 3 is 2.90 bits per heavy atom. The van der Waals surface area contributed by atoms with Crippen LogP contribution >= 0.6 is 22.7 Å². The molecule has 6 heterocycles. The molecule has 0 radical (unpaired) electrons. The molecule has 39 heavy (non-hydrogen) atoms. The van der Waals surface area contributed by atoms with E-state index in [1.54, 1.807) is 52.3 Å². The number of anilines is 1. The van der Waals surface area contributed by atoms with Gasteiger partial charge in [0.05, 0.1) is 33.4 Å². The second kappa shape index (κ2) is 9.88. The van der Waals surface area contributed by atoms with Gasteiger partial charge in [0.1, 0.15) is 17.2 Å². The summed E-state index contributed by atoms with van der Waals surface area (Å²) in [5.74, 6) is -0.555. The normalized spacial score (nSPS) is 15.7. The van der Waals surface area contributed by atoms with E-state index >= 15 is 4.39 Å². The minimum absolute atomic E-state index is 0.0320. The summed E-state index contributed by atoms with van der Waals surface area (Å²) in [6.07, 6.45) is 5.03. The highest BCUT2D eigenvalue weighted by molar-refractivity contribution is 7.22. The minimum Gasteiger partial charge on any atom is -0.315 e. The van der Waals surface area contributed by atoms with Crippen molar-refractivity contribution < 1.29 is 9.18 Å². The van der Waals surface area contributed by atoms with Crippen LogP contribution < -0.4 is 10.2 Å². The van der Waals surface area contributed by atoms with Gasteiger partial charge in [-0.05, 0) is 55.8 Å². The molecule has 12 heteroatoms. The lowest BCUT2D eigenvalue weighted by Gasteiger charge is -2.34. The standard InChI is InChI=1S/C27H21FN8OS2/c28-20-11-16(36-26-21(33-34-36)4-2-9-30-26)5-6-18(20)27(37)35(17-3-1-8-29-13-17)25-19-12-24(22-14-38-15-32-22)39-23(19)7-10-31-25/h2,4-7,9-12,14-15,17,29H,1,3,8,13H2/t17-/m1/s1. The number of carbonyl (C=O) groups is 1.